The van der Waals surface area contributed by atoms with Gasteiger partial charge in [0.05, 0.1) is 24.5 Å². The lowest BCUT2D eigenvalue weighted by Crippen LogP contribution is -2.24. The van der Waals surface area contributed by atoms with Crippen LogP contribution in [0.5, 0.6) is 0 Å². The Kier molecular flexibility index (Phi) is 3.34. The van der Waals surface area contributed by atoms with Gasteiger partial charge in [0.15, 0.2) is 0 Å². The van der Waals surface area contributed by atoms with Gasteiger partial charge in [0.1, 0.15) is 0 Å². The number of rotatable bonds is 4. The lowest BCUT2D eigenvalue weighted by Gasteiger charge is -2.03. The molecule has 2 aromatic rings. The van der Waals surface area contributed by atoms with Crippen LogP contribution in [0.15, 0.2) is 30.7 Å². The monoisotopic (exact) mass is 231 g/mol. The van der Waals surface area contributed by atoms with E-state index in [1.165, 1.54) is 0 Å². The van der Waals surface area contributed by atoms with Crippen molar-refractivity contribution >= 4 is 11.6 Å². The maximum Gasteiger partial charge on any atom is 0.226 e. The number of aromatic amines is 1. The second-order valence-corrected chi connectivity index (χ2v) is 3.64. The van der Waals surface area contributed by atoms with Crippen molar-refractivity contribution in [2.75, 3.05) is 5.73 Å². The Balaban J connectivity index is 1.83. The van der Waals surface area contributed by atoms with Crippen molar-refractivity contribution in [3.63, 3.8) is 0 Å². The summed E-state index contributed by atoms with van der Waals surface area (Å²) in [6, 6.07) is 3.47. The van der Waals surface area contributed by atoms with Crippen molar-refractivity contribution < 1.29 is 4.79 Å². The van der Waals surface area contributed by atoms with Crippen LogP contribution in [0.4, 0.5) is 5.69 Å². The summed E-state index contributed by atoms with van der Waals surface area (Å²) in [7, 11) is 0. The highest BCUT2D eigenvalue weighted by atomic mass is 16.1. The first-order valence-corrected chi connectivity index (χ1v) is 5.19. The van der Waals surface area contributed by atoms with E-state index in [9.17, 15) is 4.79 Å². The molecule has 0 bridgehead atoms. The molecule has 88 valence electrons. The predicted octanol–water partition coefficient (Wildman–Crippen LogP) is 0.246. The molecule has 0 radical (unpaired) electrons. The summed E-state index contributed by atoms with van der Waals surface area (Å²) in [4.78, 5) is 15.6. The standard InChI is InChI=1S/C11H13N5O/c12-9-1-2-10(13-7-9)3-11(17)14-4-8-5-15-16-6-8/h1-2,5-7H,3-4,12H2,(H,14,17)(H,15,16). The fourth-order valence-electron chi connectivity index (χ4n) is 1.34. The first-order chi connectivity index (χ1) is 8.24. The normalized spacial score (nSPS) is 10.1. The lowest BCUT2D eigenvalue weighted by molar-refractivity contribution is -0.120. The second-order valence-electron chi connectivity index (χ2n) is 3.64. The van der Waals surface area contributed by atoms with Gasteiger partial charge in [0.2, 0.25) is 5.91 Å². The third kappa shape index (κ3) is 3.30. The highest BCUT2D eigenvalue weighted by Crippen LogP contribution is 2.02. The van der Waals surface area contributed by atoms with Gasteiger partial charge in [-0.05, 0) is 12.1 Å². The first-order valence-electron chi connectivity index (χ1n) is 5.19. The molecule has 6 heteroatoms. The number of carbonyl (C=O) groups excluding carboxylic acids is 1. The fourth-order valence-corrected chi connectivity index (χ4v) is 1.34. The molecule has 2 rings (SSSR count). The lowest BCUT2D eigenvalue weighted by atomic mass is 10.2. The molecule has 2 heterocycles. The SMILES string of the molecule is Nc1ccc(CC(=O)NCc2cn[nH]c2)nc1. The van der Waals surface area contributed by atoms with Crippen LogP contribution < -0.4 is 11.1 Å². The summed E-state index contributed by atoms with van der Waals surface area (Å²) in [6.07, 6.45) is 5.19. The molecule has 0 unspecified atom stereocenters. The smallest absolute Gasteiger partial charge is 0.226 e. The zero-order valence-corrected chi connectivity index (χ0v) is 9.18. The van der Waals surface area contributed by atoms with Crippen LogP contribution in [0.25, 0.3) is 0 Å². The van der Waals surface area contributed by atoms with Gasteiger partial charge in [0, 0.05) is 24.0 Å². The molecule has 0 saturated carbocycles. The number of amides is 1. The van der Waals surface area contributed by atoms with Crippen molar-refractivity contribution in [3.05, 3.63) is 42.0 Å². The predicted molar refractivity (Wildman–Crippen MR) is 62.8 cm³/mol. The maximum absolute atomic E-state index is 11.6. The van der Waals surface area contributed by atoms with Gasteiger partial charge in [-0.1, -0.05) is 0 Å². The Hall–Kier alpha value is -2.37. The highest BCUT2D eigenvalue weighted by molar-refractivity contribution is 5.78. The van der Waals surface area contributed by atoms with Gasteiger partial charge < -0.3 is 11.1 Å². The summed E-state index contributed by atoms with van der Waals surface area (Å²) in [5, 5.41) is 9.25. The van der Waals surface area contributed by atoms with Crippen molar-refractivity contribution in [1.29, 1.82) is 0 Å². The number of nitrogens with one attached hydrogen (secondary N) is 2. The first kappa shape index (κ1) is 11.1. The molecule has 6 nitrogen and oxygen atoms in total. The molecule has 2 aromatic heterocycles. The third-order valence-corrected chi connectivity index (χ3v) is 2.23. The van der Waals surface area contributed by atoms with Crippen LogP contribution in [0.1, 0.15) is 11.3 Å². The third-order valence-electron chi connectivity index (χ3n) is 2.23. The van der Waals surface area contributed by atoms with Crippen molar-refractivity contribution in [3.8, 4) is 0 Å². The minimum atomic E-state index is -0.0801. The molecule has 0 aliphatic heterocycles. The van der Waals surface area contributed by atoms with Crippen molar-refractivity contribution in [1.82, 2.24) is 20.5 Å². The summed E-state index contributed by atoms with van der Waals surface area (Å²) < 4.78 is 0. The van der Waals surface area contributed by atoms with E-state index in [0.717, 1.165) is 5.56 Å². The van der Waals surface area contributed by atoms with Gasteiger partial charge >= 0.3 is 0 Å². The van der Waals surface area contributed by atoms with Crippen LogP contribution in [-0.4, -0.2) is 21.1 Å². The van der Waals surface area contributed by atoms with Crippen LogP contribution >= 0.6 is 0 Å². The van der Waals surface area contributed by atoms with Gasteiger partial charge in [0.25, 0.3) is 0 Å². The number of H-pyrrole nitrogens is 1. The minimum Gasteiger partial charge on any atom is -0.397 e. The minimum absolute atomic E-state index is 0.0801. The molecule has 0 aromatic carbocycles. The quantitative estimate of drug-likeness (QED) is 0.702. The Labute approximate surface area is 98.3 Å². The number of hydrogen-bond donors (Lipinski definition) is 3. The summed E-state index contributed by atoms with van der Waals surface area (Å²) in [5.41, 5.74) is 7.73. The topological polar surface area (TPSA) is 96.7 Å². The zero-order valence-electron chi connectivity index (χ0n) is 9.18. The van der Waals surface area contributed by atoms with Gasteiger partial charge in [-0.25, -0.2) is 0 Å². The van der Waals surface area contributed by atoms with Crippen LogP contribution in [-0.2, 0) is 17.8 Å². The van der Waals surface area contributed by atoms with E-state index in [4.69, 9.17) is 5.73 Å². The molecule has 0 saturated heterocycles. The average Bonchev–Trinajstić information content (AvgIpc) is 2.83. The fraction of sp³-hybridized carbons (Fsp3) is 0.182. The van der Waals surface area contributed by atoms with E-state index >= 15 is 0 Å². The molecule has 4 N–H and O–H groups in total. The number of nitrogen functional groups attached to an aromatic ring is 1. The molecule has 0 atom stereocenters. The summed E-state index contributed by atoms with van der Waals surface area (Å²) >= 11 is 0. The van der Waals surface area contributed by atoms with Crippen LogP contribution in [0.3, 0.4) is 0 Å². The Morgan fingerprint density at radius 2 is 2.29 bits per heavy atom. The van der Waals surface area contributed by atoms with Crippen LogP contribution in [0, 0.1) is 0 Å². The Bertz CT molecular complexity index is 477. The summed E-state index contributed by atoms with van der Waals surface area (Å²) in [6.45, 7) is 0.463. The molecular weight excluding hydrogens is 218 g/mol. The molecule has 0 aliphatic rings. The molecule has 0 spiro atoms. The van der Waals surface area contributed by atoms with Gasteiger partial charge in [-0.15, -0.1) is 0 Å². The van der Waals surface area contributed by atoms with E-state index in [1.807, 2.05) is 0 Å². The van der Waals surface area contributed by atoms with Crippen molar-refractivity contribution in [2.24, 2.45) is 0 Å². The number of anilines is 1. The number of pyridine rings is 1. The van der Waals surface area contributed by atoms with Gasteiger partial charge in [-0.2, -0.15) is 5.10 Å². The largest absolute Gasteiger partial charge is 0.397 e. The van der Waals surface area contributed by atoms with E-state index in [1.54, 1.807) is 30.7 Å². The van der Waals surface area contributed by atoms with E-state index in [0.29, 0.717) is 17.9 Å². The Morgan fingerprint density at radius 1 is 1.41 bits per heavy atom. The van der Waals surface area contributed by atoms with E-state index in [2.05, 4.69) is 20.5 Å². The number of nitrogens with zero attached hydrogens (tertiary/aromatic N) is 2. The molecule has 17 heavy (non-hydrogen) atoms. The Morgan fingerprint density at radius 3 is 2.94 bits per heavy atom. The van der Waals surface area contributed by atoms with E-state index < -0.39 is 0 Å². The average molecular weight is 231 g/mol. The molecule has 0 aliphatic carbocycles. The highest BCUT2D eigenvalue weighted by Gasteiger charge is 2.04. The molecule has 1 amide bonds. The van der Waals surface area contributed by atoms with Crippen LogP contribution in [0.2, 0.25) is 0 Å². The van der Waals surface area contributed by atoms with Gasteiger partial charge in [-0.3, -0.25) is 14.9 Å². The second kappa shape index (κ2) is 5.11. The number of carbonyl (C=O) groups is 1. The number of nitrogens with two attached hydrogens (primary N) is 1. The maximum atomic E-state index is 11.6. The summed E-state index contributed by atoms with van der Waals surface area (Å²) in [5.74, 6) is -0.0801. The molecular formula is C11H13N5O. The molecule has 0 fully saturated rings. The number of aromatic nitrogens is 3. The van der Waals surface area contributed by atoms with E-state index in [-0.39, 0.29) is 12.3 Å². The van der Waals surface area contributed by atoms with Crippen molar-refractivity contribution in [2.45, 2.75) is 13.0 Å². The zero-order chi connectivity index (χ0) is 12.1. The number of hydrogen-bond acceptors (Lipinski definition) is 4.